The van der Waals surface area contributed by atoms with Gasteiger partial charge in [-0.2, -0.15) is 0 Å². The Morgan fingerprint density at radius 1 is 1.36 bits per heavy atom. The molecule has 78 valence electrons. The molecule has 2 fully saturated rings. The molecule has 0 aromatic rings. The first kappa shape index (κ1) is 9.65. The molecule has 0 radical (unpaired) electrons. The van der Waals surface area contributed by atoms with Crippen LogP contribution in [0, 0.1) is 0 Å². The molecule has 0 aromatic heterocycles. The van der Waals surface area contributed by atoms with Crippen LogP contribution in [0.4, 0.5) is 0 Å². The zero-order valence-corrected chi connectivity index (χ0v) is 8.33. The lowest BCUT2D eigenvalue weighted by Crippen LogP contribution is -2.37. The van der Waals surface area contributed by atoms with Crippen LogP contribution in [0.2, 0.25) is 0 Å². The molecule has 1 heterocycles. The third-order valence-corrected chi connectivity index (χ3v) is 2.98. The lowest BCUT2D eigenvalue weighted by molar-refractivity contribution is -0.118. The van der Waals surface area contributed by atoms with Gasteiger partial charge in [0, 0.05) is 11.8 Å². The topological polar surface area (TPSA) is 67.5 Å². The van der Waals surface area contributed by atoms with Crippen molar-refractivity contribution in [2.45, 2.75) is 44.2 Å². The normalized spacial score (nSPS) is 36.1. The molecule has 4 nitrogen and oxygen atoms in total. The van der Waals surface area contributed by atoms with Crippen molar-refractivity contribution in [2.24, 2.45) is 10.7 Å². The summed E-state index contributed by atoms with van der Waals surface area (Å²) in [4.78, 5) is 15.5. The highest BCUT2D eigenvalue weighted by Gasteiger charge is 2.23. The van der Waals surface area contributed by atoms with Gasteiger partial charge in [0.2, 0.25) is 5.91 Å². The van der Waals surface area contributed by atoms with Crippen molar-refractivity contribution in [3.8, 4) is 0 Å². The first-order valence-corrected chi connectivity index (χ1v) is 5.33. The van der Waals surface area contributed by atoms with E-state index in [1.54, 1.807) is 0 Å². The van der Waals surface area contributed by atoms with Crippen LogP contribution in [0.25, 0.3) is 0 Å². The van der Waals surface area contributed by atoms with Gasteiger partial charge in [0.05, 0.1) is 19.0 Å². The lowest BCUT2D eigenvalue weighted by Gasteiger charge is -2.25. The smallest absolute Gasteiger partial charge is 0.226 e. The minimum Gasteiger partial charge on any atom is -0.350 e. The van der Waals surface area contributed by atoms with Gasteiger partial charge in [0.1, 0.15) is 0 Å². The first-order chi connectivity index (χ1) is 6.75. The summed E-state index contributed by atoms with van der Waals surface area (Å²) >= 11 is 0. The van der Waals surface area contributed by atoms with Crippen LogP contribution in [0.15, 0.2) is 4.99 Å². The molecule has 2 unspecified atom stereocenters. The predicted octanol–water partition coefficient (Wildman–Crippen LogP) is 0.217. The summed E-state index contributed by atoms with van der Waals surface area (Å²) in [6.45, 7) is 0.627. The Bertz CT molecular complexity index is 262. The second-order valence-corrected chi connectivity index (χ2v) is 4.16. The number of hydrogen-bond donors (Lipinski definition) is 2. The number of amides is 1. The van der Waals surface area contributed by atoms with E-state index in [-0.39, 0.29) is 18.0 Å². The van der Waals surface area contributed by atoms with Crippen molar-refractivity contribution in [3.63, 3.8) is 0 Å². The molecule has 2 rings (SSSR count). The Balaban J connectivity index is 1.97. The number of nitrogens with one attached hydrogen (secondary N) is 1. The molecule has 1 amide bonds. The lowest BCUT2D eigenvalue weighted by atomic mass is 9.91. The number of rotatable bonds is 1. The highest BCUT2D eigenvalue weighted by atomic mass is 16.1. The van der Waals surface area contributed by atoms with E-state index in [9.17, 15) is 4.79 Å². The van der Waals surface area contributed by atoms with E-state index < -0.39 is 0 Å². The molecule has 1 saturated carbocycles. The van der Waals surface area contributed by atoms with Crippen LogP contribution in [-0.2, 0) is 4.79 Å². The van der Waals surface area contributed by atoms with Crippen LogP contribution < -0.4 is 11.1 Å². The summed E-state index contributed by atoms with van der Waals surface area (Å²) in [5.74, 6) is 0.0909. The Morgan fingerprint density at radius 3 is 2.79 bits per heavy atom. The van der Waals surface area contributed by atoms with Crippen LogP contribution in [0.3, 0.4) is 0 Å². The number of hydrogen-bond acceptors (Lipinski definition) is 3. The van der Waals surface area contributed by atoms with Gasteiger partial charge in [0.15, 0.2) is 0 Å². The molecule has 1 saturated heterocycles. The summed E-state index contributed by atoms with van der Waals surface area (Å²) in [5, 5.41) is 2.76. The van der Waals surface area contributed by atoms with E-state index in [0.29, 0.717) is 13.0 Å². The molecule has 14 heavy (non-hydrogen) atoms. The number of aliphatic imine (C=N–C) groups is 1. The van der Waals surface area contributed by atoms with Gasteiger partial charge in [-0.15, -0.1) is 0 Å². The predicted molar refractivity (Wildman–Crippen MR) is 55.3 cm³/mol. The van der Waals surface area contributed by atoms with E-state index >= 15 is 0 Å². The van der Waals surface area contributed by atoms with Crippen LogP contribution in [0.1, 0.15) is 32.1 Å². The second-order valence-electron chi connectivity index (χ2n) is 4.16. The molecule has 2 aliphatic rings. The molecule has 1 aliphatic carbocycles. The average molecular weight is 195 g/mol. The van der Waals surface area contributed by atoms with Gasteiger partial charge < -0.3 is 11.1 Å². The number of nitrogens with zero attached hydrogens (tertiary/aromatic N) is 1. The summed E-state index contributed by atoms with van der Waals surface area (Å²) < 4.78 is 0. The maximum absolute atomic E-state index is 11.0. The fraction of sp³-hybridized carbons (Fsp3) is 0.800. The summed E-state index contributed by atoms with van der Waals surface area (Å²) in [5.41, 5.74) is 6.96. The third kappa shape index (κ3) is 2.12. The third-order valence-electron chi connectivity index (χ3n) is 2.98. The van der Waals surface area contributed by atoms with E-state index in [2.05, 4.69) is 10.3 Å². The zero-order chi connectivity index (χ0) is 9.97. The molecule has 0 bridgehead atoms. The van der Waals surface area contributed by atoms with Crippen molar-refractivity contribution in [3.05, 3.63) is 0 Å². The van der Waals surface area contributed by atoms with Crippen LogP contribution in [0.5, 0.6) is 0 Å². The van der Waals surface area contributed by atoms with Crippen molar-refractivity contribution >= 4 is 11.6 Å². The highest BCUT2D eigenvalue weighted by molar-refractivity contribution is 6.08. The summed E-state index contributed by atoms with van der Waals surface area (Å²) in [7, 11) is 0. The molecule has 1 aliphatic heterocycles. The van der Waals surface area contributed by atoms with Crippen LogP contribution in [-0.4, -0.2) is 30.2 Å². The minimum atomic E-state index is 0.0909. The van der Waals surface area contributed by atoms with E-state index in [1.165, 1.54) is 12.8 Å². The quantitative estimate of drug-likeness (QED) is 0.628. The van der Waals surface area contributed by atoms with Gasteiger partial charge in [-0.05, 0) is 12.8 Å². The van der Waals surface area contributed by atoms with Gasteiger partial charge in [0.25, 0.3) is 0 Å². The van der Waals surface area contributed by atoms with Crippen molar-refractivity contribution < 1.29 is 4.79 Å². The molecule has 4 heteroatoms. The van der Waals surface area contributed by atoms with Gasteiger partial charge in [-0.1, -0.05) is 12.8 Å². The Morgan fingerprint density at radius 2 is 2.14 bits per heavy atom. The minimum absolute atomic E-state index is 0.0909. The molecular formula is C10H17N3O. The molecule has 0 spiro atoms. The molecule has 2 atom stereocenters. The van der Waals surface area contributed by atoms with Crippen molar-refractivity contribution in [1.29, 1.82) is 0 Å². The molecular weight excluding hydrogens is 178 g/mol. The van der Waals surface area contributed by atoms with Gasteiger partial charge in [-0.25, -0.2) is 0 Å². The van der Waals surface area contributed by atoms with Gasteiger partial charge in [-0.3, -0.25) is 9.79 Å². The fourth-order valence-corrected chi connectivity index (χ4v) is 2.14. The first-order valence-electron chi connectivity index (χ1n) is 5.33. The largest absolute Gasteiger partial charge is 0.350 e. The van der Waals surface area contributed by atoms with E-state index in [0.717, 1.165) is 18.6 Å². The molecule has 0 aromatic carbocycles. The summed E-state index contributed by atoms with van der Waals surface area (Å²) in [6.07, 6.45) is 5.07. The molecule has 3 N–H and O–H groups in total. The SMILES string of the molecule is NC1CCCCC1N=C1CNC(=O)C1. The maximum atomic E-state index is 11.0. The van der Waals surface area contributed by atoms with E-state index in [4.69, 9.17) is 5.73 Å². The Labute approximate surface area is 84.0 Å². The fourth-order valence-electron chi connectivity index (χ4n) is 2.14. The highest BCUT2D eigenvalue weighted by Crippen LogP contribution is 2.20. The van der Waals surface area contributed by atoms with E-state index in [1.807, 2.05) is 0 Å². The second kappa shape index (κ2) is 4.09. The average Bonchev–Trinajstić information content (AvgIpc) is 2.56. The monoisotopic (exact) mass is 195 g/mol. The number of nitrogens with two attached hydrogens (primary N) is 1. The zero-order valence-electron chi connectivity index (χ0n) is 8.33. The summed E-state index contributed by atoms with van der Waals surface area (Å²) in [6, 6.07) is 0.457. The standard InChI is InChI=1S/C10H17N3O/c11-8-3-1-2-4-9(8)13-7-5-10(14)12-6-7/h8-9H,1-6,11H2,(H,12,14). The number of carbonyl (C=O) groups is 1. The Kier molecular flexibility index (Phi) is 2.82. The van der Waals surface area contributed by atoms with Crippen molar-refractivity contribution in [1.82, 2.24) is 5.32 Å². The number of carbonyl (C=O) groups excluding carboxylic acids is 1. The van der Waals surface area contributed by atoms with Gasteiger partial charge >= 0.3 is 0 Å². The van der Waals surface area contributed by atoms with Crippen molar-refractivity contribution in [2.75, 3.05) is 6.54 Å². The Hall–Kier alpha value is -0.900. The maximum Gasteiger partial charge on any atom is 0.226 e. The van der Waals surface area contributed by atoms with Crippen LogP contribution >= 0.6 is 0 Å².